The van der Waals surface area contributed by atoms with Crippen molar-refractivity contribution in [1.29, 1.82) is 0 Å². The van der Waals surface area contributed by atoms with Gasteiger partial charge in [0.25, 0.3) is 0 Å². The normalized spacial score (nSPS) is 10.3. The third-order valence-electron chi connectivity index (χ3n) is 3.45. The number of H-pyrrole nitrogens is 1. The summed E-state index contributed by atoms with van der Waals surface area (Å²) in [6.07, 6.45) is 5.06. The average Bonchev–Trinajstić information content (AvgIpc) is 3.03. The Morgan fingerprint density at radius 1 is 0.962 bits per heavy atom. The molecule has 0 aliphatic carbocycles. The smallest absolute Gasteiger partial charge is 0.307 e. The molecule has 0 atom stereocenters. The van der Waals surface area contributed by atoms with Crippen molar-refractivity contribution in [3.05, 3.63) is 78.6 Å². The van der Waals surface area contributed by atoms with Gasteiger partial charge in [-0.15, -0.1) is 0 Å². The van der Waals surface area contributed by atoms with Crippen LogP contribution >= 0.6 is 0 Å². The quantitative estimate of drug-likeness (QED) is 0.539. The number of fused-ring (bicyclic) bond motifs is 1. The van der Waals surface area contributed by atoms with Crippen molar-refractivity contribution in [3.8, 4) is 0 Å². The second-order valence-electron chi connectivity index (χ2n) is 5.44. The Bertz CT molecular complexity index is 885. The number of aromatic nitrogens is 1. The van der Waals surface area contributed by atoms with Crippen LogP contribution in [0, 0.1) is 0 Å². The lowest BCUT2D eigenvalue weighted by molar-refractivity contribution is -0.137. The summed E-state index contributed by atoms with van der Waals surface area (Å²) in [5, 5.41) is 20.9. The van der Waals surface area contributed by atoms with Gasteiger partial charge in [-0.1, -0.05) is 42.5 Å². The zero-order valence-corrected chi connectivity index (χ0v) is 14.1. The van der Waals surface area contributed by atoms with E-state index in [0.29, 0.717) is 0 Å². The standard InChI is InChI=1S/C10H9NO2.C10H11NO2/c12-10(13)5-7-6-11-9-4-2-1-3-8(7)9;12-10(13)7-4-8-11-9-5-2-1-3-6-9/h1-4,6,11H,5H2,(H,12,13);1-6,8,11H,7H2,(H,12,13)/b;8-4+. The van der Waals surface area contributed by atoms with Crippen LogP contribution in [-0.2, 0) is 16.0 Å². The third kappa shape index (κ3) is 6.16. The summed E-state index contributed by atoms with van der Waals surface area (Å²) in [6.45, 7) is 0. The van der Waals surface area contributed by atoms with Crippen LogP contribution in [0.25, 0.3) is 10.9 Å². The highest BCUT2D eigenvalue weighted by Crippen LogP contribution is 2.17. The molecule has 3 rings (SSSR count). The molecule has 0 fully saturated rings. The number of nitrogens with one attached hydrogen (secondary N) is 2. The maximum atomic E-state index is 10.5. The summed E-state index contributed by atoms with van der Waals surface area (Å²) in [7, 11) is 0. The van der Waals surface area contributed by atoms with E-state index in [4.69, 9.17) is 10.2 Å². The van der Waals surface area contributed by atoms with Crippen LogP contribution in [0.2, 0.25) is 0 Å². The van der Waals surface area contributed by atoms with Gasteiger partial charge in [-0.05, 0) is 30.0 Å². The molecule has 0 unspecified atom stereocenters. The van der Waals surface area contributed by atoms with E-state index in [1.165, 1.54) is 0 Å². The first-order valence-corrected chi connectivity index (χ1v) is 8.01. The van der Waals surface area contributed by atoms with Gasteiger partial charge in [0.05, 0.1) is 12.8 Å². The van der Waals surface area contributed by atoms with Gasteiger partial charge >= 0.3 is 11.9 Å². The monoisotopic (exact) mass is 352 g/mol. The maximum absolute atomic E-state index is 10.5. The van der Waals surface area contributed by atoms with Crippen LogP contribution < -0.4 is 5.32 Å². The van der Waals surface area contributed by atoms with Gasteiger partial charge in [-0.2, -0.15) is 0 Å². The molecular weight excluding hydrogens is 332 g/mol. The molecule has 26 heavy (non-hydrogen) atoms. The SMILES string of the molecule is O=C(O)C/C=C/Nc1ccccc1.O=C(O)Cc1c[nH]c2ccccc12. The van der Waals surface area contributed by atoms with Crippen LogP contribution in [-0.4, -0.2) is 27.1 Å². The summed E-state index contributed by atoms with van der Waals surface area (Å²) in [6, 6.07) is 17.2. The van der Waals surface area contributed by atoms with Crippen molar-refractivity contribution < 1.29 is 19.8 Å². The highest BCUT2D eigenvalue weighted by molar-refractivity contribution is 5.86. The van der Waals surface area contributed by atoms with Gasteiger partial charge in [0.2, 0.25) is 0 Å². The van der Waals surface area contributed by atoms with Gasteiger partial charge in [0.15, 0.2) is 0 Å². The summed E-state index contributed by atoms with van der Waals surface area (Å²) in [4.78, 5) is 23.7. The Labute approximate surface area is 150 Å². The summed E-state index contributed by atoms with van der Waals surface area (Å²) < 4.78 is 0. The number of para-hydroxylation sites is 2. The summed E-state index contributed by atoms with van der Waals surface area (Å²) in [5.41, 5.74) is 2.77. The second-order valence-corrected chi connectivity index (χ2v) is 5.44. The van der Waals surface area contributed by atoms with Crippen molar-refractivity contribution in [2.75, 3.05) is 5.32 Å². The number of carbonyl (C=O) groups is 2. The maximum Gasteiger partial charge on any atom is 0.307 e. The van der Waals surface area contributed by atoms with Crippen LogP contribution in [0.1, 0.15) is 12.0 Å². The second kappa shape index (κ2) is 9.68. The highest BCUT2D eigenvalue weighted by atomic mass is 16.4. The van der Waals surface area contributed by atoms with Crippen LogP contribution in [0.3, 0.4) is 0 Å². The fourth-order valence-electron chi connectivity index (χ4n) is 2.29. The number of benzene rings is 2. The minimum atomic E-state index is -0.828. The van der Waals surface area contributed by atoms with E-state index in [1.807, 2.05) is 54.6 Å². The van der Waals surface area contributed by atoms with Crippen molar-refractivity contribution in [2.45, 2.75) is 12.8 Å². The largest absolute Gasteiger partial charge is 0.481 e. The van der Waals surface area contributed by atoms with Crippen LogP contribution in [0.5, 0.6) is 0 Å². The Hall–Kier alpha value is -3.54. The lowest BCUT2D eigenvalue weighted by Gasteiger charge is -1.97. The Balaban J connectivity index is 0.000000187. The van der Waals surface area contributed by atoms with E-state index in [1.54, 1.807) is 18.5 Å². The lowest BCUT2D eigenvalue weighted by atomic mass is 10.1. The zero-order chi connectivity index (χ0) is 18.8. The summed E-state index contributed by atoms with van der Waals surface area (Å²) >= 11 is 0. The molecule has 0 bridgehead atoms. The predicted molar refractivity (Wildman–Crippen MR) is 101 cm³/mol. The van der Waals surface area contributed by atoms with E-state index >= 15 is 0 Å². The lowest BCUT2D eigenvalue weighted by Crippen LogP contribution is -1.98. The Morgan fingerprint density at radius 3 is 2.35 bits per heavy atom. The number of rotatable bonds is 6. The molecular formula is C20H20N2O4. The molecule has 0 aliphatic rings. The molecule has 1 aromatic heterocycles. The zero-order valence-electron chi connectivity index (χ0n) is 14.1. The van der Waals surface area contributed by atoms with Gasteiger partial charge in [0.1, 0.15) is 0 Å². The molecule has 6 nitrogen and oxygen atoms in total. The first kappa shape index (κ1) is 18.8. The minimum Gasteiger partial charge on any atom is -0.481 e. The molecule has 4 N–H and O–H groups in total. The van der Waals surface area contributed by atoms with E-state index in [9.17, 15) is 9.59 Å². The number of hydrogen-bond donors (Lipinski definition) is 4. The molecule has 1 heterocycles. The minimum absolute atomic E-state index is 0.0415. The Morgan fingerprint density at radius 2 is 1.65 bits per heavy atom. The first-order chi connectivity index (χ1) is 12.6. The number of carboxylic acid groups (broad SMARTS) is 2. The molecule has 0 saturated heterocycles. The number of aliphatic carboxylic acids is 2. The molecule has 134 valence electrons. The number of anilines is 1. The number of aromatic amines is 1. The summed E-state index contributed by atoms with van der Waals surface area (Å²) in [5.74, 6) is -1.63. The topological polar surface area (TPSA) is 102 Å². The van der Waals surface area contributed by atoms with Crippen LogP contribution in [0.15, 0.2) is 73.1 Å². The van der Waals surface area contributed by atoms with Gasteiger partial charge in [-0.25, -0.2) is 0 Å². The molecule has 3 aromatic rings. The van der Waals surface area contributed by atoms with Crippen molar-refractivity contribution in [3.63, 3.8) is 0 Å². The van der Waals surface area contributed by atoms with Gasteiger partial charge < -0.3 is 20.5 Å². The van der Waals surface area contributed by atoms with Crippen LogP contribution in [0.4, 0.5) is 5.69 Å². The van der Waals surface area contributed by atoms with E-state index < -0.39 is 11.9 Å². The van der Waals surface area contributed by atoms with Crippen molar-refractivity contribution >= 4 is 28.5 Å². The highest BCUT2D eigenvalue weighted by Gasteiger charge is 2.05. The molecule has 0 spiro atoms. The van der Waals surface area contributed by atoms with Crippen molar-refractivity contribution in [1.82, 2.24) is 4.98 Å². The Kier molecular flexibility index (Phi) is 7.00. The molecule has 0 amide bonds. The number of hydrogen-bond acceptors (Lipinski definition) is 3. The van der Waals surface area contributed by atoms with E-state index in [0.717, 1.165) is 22.2 Å². The molecule has 0 radical (unpaired) electrons. The molecule has 0 aliphatic heterocycles. The van der Waals surface area contributed by atoms with E-state index in [2.05, 4.69) is 10.3 Å². The average molecular weight is 352 g/mol. The van der Waals surface area contributed by atoms with Crippen molar-refractivity contribution in [2.24, 2.45) is 0 Å². The fraction of sp³-hybridized carbons (Fsp3) is 0.100. The molecule has 2 aromatic carbocycles. The number of carboxylic acids is 2. The molecule has 0 saturated carbocycles. The predicted octanol–water partition coefficient (Wildman–Crippen LogP) is 3.88. The third-order valence-corrected chi connectivity index (χ3v) is 3.45. The van der Waals surface area contributed by atoms with Gasteiger partial charge in [0, 0.05) is 22.8 Å². The molecule has 6 heteroatoms. The van der Waals surface area contributed by atoms with E-state index in [-0.39, 0.29) is 12.8 Å². The first-order valence-electron chi connectivity index (χ1n) is 8.01. The fourth-order valence-corrected chi connectivity index (χ4v) is 2.29. The van der Waals surface area contributed by atoms with Gasteiger partial charge in [-0.3, -0.25) is 9.59 Å².